The lowest BCUT2D eigenvalue weighted by Gasteiger charge is -2.09. The van der Waals surface area contributed by atoms with E-state index in [-0.39, 0.29) is 19.1 Å². The zero-order valence-electron chi connectivity index (χ0n) is 10.6. The van der Waals surface area contributed by atoms with Gasteiger partial charge >= 0.3 is 0 Å². The fourth-order valence-electron chi connectivity index (χ4n) is 2.10. The van der Waals surface area contributed by atoms with Crippen LogP contribution in [0.4, 0.5) is 0 Å². The van der Waals surface area contributed by atoms with Crippen LogP contribution in [0.3, 0.4) is 0 Å². The predicted molar refractivity (Wildman–Crippen MR) is 68.7 cm³/mol. The number of ether oxygens (including phenoxy) is 1. The van der Waals surface area contributed by atoms with E-state index in [0.29, 0.717) is 0 Å². The van der Waals surface area contributed by atoms with Crippen molar-refractivity contribution in [3.05, 3.63) is 29.3 Å². The summed E-state index contributed by atoms with van der Waals surface area (Å²) in [5, 5.41) is 11.6. The minimum atomic E-state index is -0.533. The second-order valence-electron chi connectivity index (χ2n) is 4.73. The maximum Gasteiger partial charge on any atom is 0.258 e. The minimum Gasteiger partial charge on any atom is -0.484 e. The Balaban J connectivity index is 1.81. The van der Waals surface area contributed by atoms with Gasteiger partial charge in [0.2, 0.25) is 0 Å². The lowest BCUT2D eigenvalue weighted by atomic mass is 10.1. The van der Waals surface area contributed by atoms with E-state index in [1.54, 1.807) is 6.92 Å². The molecule has 98 valence electrons. The smallest absolute Gasteiger partial charge is 0.258 e. The van der Waals surface area contributed by atoms with Crippen molar-refractivity contribution in [3.63, 3.8) is 0 Å². The summed E-state index contributed by atoms with van der Waals surface area (Å²) in [5.74, 6) is 0.527. The average molecular weight is 249 g/mol. The normalized spacial score (nSPS) is 15.0. The van der Waals surface area contributed by atoms with Gasteiger partial charge in [0.05, 0.1) is 6.10 Å². The van der Waals surface area contributed by atoms with Gasteiger partial charge in [-0.05, 0) is 49.4 Å². The third kappa shape index (κ3) is 3.47. The van der Waals surface area contributed by atoms with Crippen LogP contribution in [0.5, 0.6) is 5.75 Å². The second-order valence-corrected chi connectivity index (χ2v) is 4.73. The molecule has 0 aliphatic heterocycles. The van der Waals surface area contributed by atoms with Crippen LogP contribution in [0, 0.1) is 0 Å². The van der Waals surface area contributed by atoms with Crippen LogP contribution in [0.25, 0.3) is 0 Å². The Morgan fingerprint density at radius 1 is 1.44 bits per heavy atom. The molecule has 0 heterocycles. The maximum atomic E-state index is 11.4. The fourth-order valence-corrected chi connectivity index (χ4v) is 2.10. The number of fused-ring (bicyclic) bond motifs is 1. The molecule has 18 heavy (non-hydrogen) atoms. The van der Waals surface area contributed by atoms with Gasteiger partial charge in [0.25, 0.3) is 5.91 Å². The zero-order valence-corrected chi connectivity index (χ0v) is 10.6. The summed E-state index contributed by atoms with van der Waals surface area (Å²) in [6, 6.07) is 6.00. The Kier molecular flexibility index (Phi) is 4.20. The summed E-state index contributed by atoms with van der Waals surface area (Å²) in [6.45, 7) is 1.87. The highest BCUT2D eigenvalue weighted by Gasteiger charge is 2.11. The summed E-state index contributed by atoms with van der Waals surface area (Å²) in [5.41, 5.74) is 2.72. The number of nitrogens with one attached hydrogen (secondary N) is 1. The first-order valence-electron chi connectivity index (χ1n) is 6.34. The predicted octanol–water partition coefficient (Wildman–Crippen LogP) is 1.05. The van der Waals surface area contributed by atoms with Crippen molar-refractivity contribution in [3.8, 4) is 5.75 Å². The highest BCUT2D eigenvalue weighted by atomic mass is 16.5. The standard InChI is InChI=1S/C14H19NO3/c1-10(16)8-15-14(17)9-18-13-6-5-11-3-2-4-12(11)7-13/h5-7,10,16H,2-4,8-9H2,1H3,(H,15,17)/t10-/m0/s1. The van der Waals surface area contributed by atoms with Crippen LogP contribution in [0.2, 0.25) is 0 Å². The van der Waals surface area contributed by atoms with Gasteiger partial charge in [-0.1, -0.05) is 6.07 Å². The molecule has 0 radical (unpaired) electrons. The summed E-state index contributed by atoms with van der Waals surface area (Å²) in [6.07, 6.45) is 2.91. The molecule has 0 unspecified atom stereocenters. The molecule has 4 heteroatoms. The monoisotopic (exact) mass is 249 g/mol. The van der Waals surface area contributed by atoms with E-state index in [1.165, 1.54) is 17.5 Å². The molecule has 0 aromatic heterocycles. The number of benzene rings is 1. The summed E-state index contributed by atoms with van der Waals surface area (Å²) >= 11 is 0. The Morgan fingerprint density at radius 2 is 2.22 bits per heavy atom. The fraction of sp³-hybridized carbons (Fsp3) is 0.500. The van der Waals surface area contributed by atoms with E-state index in [9.17, 15) is 4.79 Å². The molecule has 0 bridgehead atoms. The number of amides is 1. The van der Waals surface area contributed by atoms with Crippen molar-refractivity contribution in [1.29, 1.82) is 0 Å². The number of hydrogen-bond acceptors (Lipinski definition) is 3. The number of hydrogen-bond donors (Lipinski definition) is 2. The van der Waals surface area contributed by atoms with Gasteiger partial charge in [-0.2, -0.15) is 0 Å². The highest BCUT2D eigenvalue weighted by molar-refractivity contribution is 5.77. The number of rotatable bonds is 5. The lowest BCUT2D eigenvalue weighted by molar-refractivity contribution is -0.123. The van der Waals surface area contributed by atoms with Gasteiger partial charge in [0.1, 0.15) is 5.75 Å². The highest BCUT2D eigenvalue weighted by Crippen LogP contribution is 2.25. The Bertz CT molecular complexity index is 429. The van der Waals surface area contributed by atoms with Crippen LogP contribution in [-0.2, 0) is 17.6 Å². The Hall–Kier alpha value is -1.55. The van der Waals surface area contributed by atoms with Crippen molar-refractivity contribution in [1.82, 2.24) is 5.32 Å². The first-order valence-corrected chi connectivity index (χ1v) is 6.34. The van der Waals surface area contributed by atoms with Gasteiger partial charge in [0.15, 0.2) is 6.61 Å². The van der Waals surface area contributed by atoms with Crippen LogP contribution in [0.15, 0.2) is 18.2 Å². The maximum absolute atomic E-state index is 11.4. The van der Waals surface area contributed by atoms with E-state index in [0.717, 1.165) is 18.6 Å². The summed E-state index contributed by atoms with van der Waals surface area (Å²) < 4.78 is 5.43. The molecule has 1 aromatic rings. The molecular formula is C14H19NO3. The van der Waals surface area contributed by atoms with Gasteiger partial charge in [-0.25, -0.2) is 0 Å². The van der Waals surface area contributed by atoms with Gasteiger partial charge < -0.3 is 15.2 Å². The first kappa shape index (κ1) is 12.9. The third-order valence-electron chi connectivity index (χ3n) is 3.03. The molecule has 1 aromatic carbocycles. The van der Waals surface area contributed by atoms with Crippen molar-refractivity contribution >= 4 is 5.91 Å². The van der Waals surface area contributed by atoms with Crippen molar-refractivity contribution < 1.29 is 14.6 Å². The van der Waals surface area contributed by atoms with Gasteiger partial charge in [0, 0.05) is 6.54 Å². The third-order valence-corrected chi connectivity index (χ3v) is 3.03. The molecule has 1 atom stereocenters. The summed E-state index contributed by atoms with van der Waals surface area (Å²) in [7, 11) is 0. The number of aliphatic hydroxyl groups excluding tert-OH is 1. The van der Waals surface area contributed by atoms with Crippen molar-refractivity contribution in [2.24, 2.45) is 0 Å². The molecular weight excluding hydrogens is 230 g/mol. The lowest BCUT2D eigenvalue weighted by Crippen LogP contribution is -2.34. The van der Waals surface area contributed by atoms with Crippen LogP contribution in [-0.4, -0.2) is 30.3 Å². The van der Waals surface area contributed by atoms with Crippen molar-refractivity contribution in [2.45, 2.75) is 32.3 Å². The molecule has 4 nitrogen and oxygen atoms in total. The number of aliphatic hydroxyl groups is 1. The van der Waals surface area contributed by atoms with E-state index >= 15 is 0 Å². The van der Waals surface area contributed by atoms with Gasteiger partial charge in [-0.3, -0.25) is 4.79 Å². The van der Waals surface area contributed by atoms with E-state index in [1.807, 2.05) is 12.1 Å². The topological polar surface area (TPSA) is 58.6 Å². The minimum absolute atomic E-state index is 0.00843. The molecule has 0 spiro atoms. The quantitative estimate of drug-likeness (QED) is 0.820. The summed E-state index contributed by atoms with van der Waals surface area (Å²) in [4.78, 5) is 11.4. The molecule has 2 rings (SSSR count). The van der Waals surface area contributed by atoms with E-state index < -0.39 is 6.10 Å². The Labute approximate surface area is 107 Å². The molecule has 1 amide bonds. The first-order chi connectivity index (χ1) is 8.65. The zero-order chi connectivity index (χ0) is 13.0. The number of carbonyl (C=O) groups is 1. The van der Waals surface area contributed by atoms with E-state index in [4.69, 9.17) is 9.84 Å². The van der Waals surface area contributed by atoms with Crippen LogP contribution in [0.1, 0.15) is 24.5 Å². The molecule has 0 saturated carbocycles. The number of carbonyl (C=O) groups excluding carboxylic acids is 1. The largest absolute Gasteiger partial charge is 0.484 e. The Morgan fingerprint density at radius 3 is 3.00 bits per heavy atom. The molecule has 2 N–H and O–H groups in total. The SMILES string of the molecule is C[C@H](O)CNC(=O)COc1ccc2c(c1)CCC2. The van der Waals surface area contributed by atoms with Crippen LogP contribution < -0.4 is 10.1 Å². The molecule has 0 saturated heterocycles. The molecule has 0 fully saturated rings. The van der Waals surface area contributed by atoms with E-state index in [2.05, 4.69) is 11.4 Å². The van der Waals surface area contributed by atoms with Gasteiger partial charge in [-0.15, -0.1) is 0 Å². The molecule has 1 aliphatic carbocycles. The van der Waals surface area contributed by atoms with Crippen LogP contribution >= 0.6 is 0 Å². The molecule has 1 aliphatic rings. The number of aryl methyl sites for hydroxylation is 2. The van der Waals surface area contributed by atoms with Crippen molar-refractivity contribution in [2.75, 3.05) is 13.2 Å². The second kappa shape index (κ2) is 5.87. The average Bonchev–Trinajstić information content (AvgIpc) is 2.81.